The molecule has 0 unspecified atom stereocenters. The molecule has 0 fully saturated rings. The van der Waals surface area contributed by atoms with Crippen LogP contribution in [0.5, 0.6) is 0 Å². The maximum absolute atomic E-state index is 12.1. The van der Waals surface area contributed by atoms with Crippen LogP contribution < -0.4 is 10.0 Å². The molecule has 0 aliphatic heterocycles. The number of nitrogens with one attached hydrogen (secondary N) is 2. The highest BCUT2D eigenvalue weighted by Gasteiger charge is 2.13. The Hall–Kier alpha value is -2.18. The lowest BCUT2D eigenvalue weighted by Crippen LogP contribution is -2.27. The van der Waals surface area contributed by atoms with E-state index in [0.717, 1.165) is 5.56 Å². The number of rotatable bonds is 7. The van der Waals surface area contributed by atoms with Gasteiger partial charge in [0.1, 0.15) is 0 Å². The van der Waals surface area contributed by atoms with E-state index in [4.69, 9.17) is 0 Å². The molecule has 5 nitrogen and oxygen atoms in total. The highest BCUT2D eigenvalue weighted by Crippen LogP contribution is 2.17. The zero-order valence-electron chi connectivity index (χ0n) is 14.7. The Kier molecular flexibility index (Phi) is 6.33. The van der Waals surface area contributed by atoms with Crippen molar-refractivity contribution < 1.29 is 13.2 Å². The number of anilines is 1. The molecule has 0 aromatic heterocycles. The maximum Gasteiger partial charge on any atom is 0.240 e. The number of carbonyl (C=O) groups excluding carboxylic acids is 1. The van der Waals surface area contributed by atoms with Crippen molar-refractivity contribution in [2.75, 3.05) is 11.9 Å². The predicted octanol–water partition coefficient (Wildman–Crippen LogP) is 3.43. The topological polar surface area (TPSA) is 75.3 Å². The van der Waals surface area contributed by atoms with Gasteiger partial charge in [-0.1, -0.05) is 43.7 Å². The van der Waals surface area contributed by atoms with Crippen LogP contribution >= 0.6 is 0 Å². The van der Waals surface area contributed by atoms with Crippen molar-refractivity contribution in [1.82, 2.24) is 4.72 Å². The molecule has 6 heteroatoms. The Bertz CT molecular complexity index is 811. The van der Waals surface area contributed by atoms with Gasteiger partial charge < -0.3 is 5.32 Å². The summed E-state index contributed by atoms with van der Waals surface area (Å²) in [5.74, 6) is 0.199. The second-order valence-electron chi connectivity index (χ2n) is 6.29. The van der Waals surface area contributed by atoms with Gasteiger partial charge in [0.05, 0.1) is 4.90 Å². The molecule has 134 valence electrons. The van der Waals surface area contributed by atoms with Gasteiger partial charge in [0, 0.05) is 18.7 Å². The first-order valence-corrected chi connectivity index (χ1v) is 9.72. The van der Waals surface area contributed by atoms with Gasteiger partial charge in [-0.2, -0.15) is 0 Å². The van der Waals surface area contributed by atoms with Crippen LogP contribution in [0.4, 0.5) is 5.69 Å². The first-order valence-electron chi connectivity index (χ1n) is 8.24. The molecule has 0 spiro atoms. The summed E-state index contributed by atoms with van der Waals surface area (Å²) in [6.07, 6.45) is 0.0665. The normalized spacial score (nSPS) is 11.5. The Morgan fingerprint density at radius 3 is 2.16 bits per heavy atom. The van der Waals surface area contributed by atoms with Crippen molar-refractivity contribution in [3.63, 3.8) is 0 Å². The molecule has 25 heavy (non-hydrogen) atoms. The van der Waals surface area contributed by atoms with Crippen LogP contribution in [0.1, 0.15) is 37.3 Å². The SMILES string of the molecule is Cc1ccc(S(=O)(=O)NCCC(=O)Nc2ccc(C(C)C)cc2)cc1. The molecule has 0 aliphatic carbocycles. The highest BCUT2D eigenvalue weighted by molar-refractivity contribution is 7.89. The first-order chi connectivity index (χ1) is 11.8. The van der Waals surface area contributed by atoms with E-state index in [-0.39, 0.29) is 23.8 Å². The van der Waals surface area contributed by atoms with Gasteiger partial charge in [-0.25, -0.2) is 13.1 Å². The second kappa shape index (κ2) is 8.27. The lowest BCUT2D eigenvalue weighted by atomic mass is 10.0. The van der Waals surface area contributed by atoms with Gasteiger partial charge in [-0.3, -0.25) is 4.79 Å². The zero-order valence-corrected chi connectivity index (χ0v) is 15.6. The average Bonchev–Trinajstić information content (AvgIpc) is 2.55. The molecule has 0 aliphatic rings. The van der Waals surface area contributed by atoms with Crippen LogP contribution in [0.3, 0.4) is 0 Å². The fourth-order valence-corrected chi connectivity index (χ4v) is 3.31. The number of hydrogen-bond donors (Lipinski definition) is 2. The van der Waals surface area contributed by atoms with E-state index in [1.807, 2.05) is 31.2 Å². The van der Waals surface area contributed by atoms with Crippen LogP contribution in [-0.4, -0.2) is 20.9 Å². The Morgan fingerprint density at radius 2 is 1.60 bits per heavy atom. The standard InChI is InChI=1S/C19H24N2O3S/c1-14(2)16-6-8-17(9-7-16)21-19(22)12-13-20-25(23,24)18-10-4-15(3)5-11-18/h4-11,14,20H,12-13H2,1-3H3,(H,21,22). The van der Waals surface area contributed by atoms with E-state index in [0.29, 0.717) is 11.6 Å². The number of sulfonamides is 1. The number of carbonyl (C=O) groups is 1. The summed E-state index contributed by atoms with van der Waals surface area (Å²) < 4.78 is 26.7. The molecule has 1 amide bonds. The fraction of sp³-hybridized carbons (Fsp3) is 0.316. The molecule has 2 N–H and O–H groups in total. The number of amides is 1. The van der Waals surface area contributed by atoms with Crippen LogP contribution in [0, 0.1) is 6.92 Å². The summed E-state index contributed by atoms with van der Waals surface area (Å²) in [5, 5.41) is 2.77. The largest absolute Gasteiger partial charge is 0.326 e. The van der Waals surface area contributed by atoms with E-state index >= 15 is 0 Å². The van der Waals surface area contributed by atoms with Crippen LogP contribution in [-0.2, 0) is 14.8 Å². The van der Waals surface area contributed by atoms with Crippen LogP contribution in [0.25, 0.3) is 0 Å². The third kappa shape index (κ3) is 5.69. The second-order valence-corrected chi connectivity index (χ2v) is 8.05. The highest BCUT2D eigenvalue weighted by atomic mass is 32.2. The number of aryl methyl sites for hydroxylation is 1. The van der Waals surface area contributed by atoms with Crippen molar-refractivity contribution in [1.29, 1.82) is 0 Å². The molecule has 0 bridgehead atoms. The summed E-state index contributed by atoms with van der Waals surface area (Å²) in [5.41, 5.74) is 2.89. The monoisotopic (exact) mass is 360 g/mol. The molecule has 0 saturated carbocycles. The van der Waals surface area contributed by atoms with E-state index in [2.05, 4.69) is 23.9 Å². The molecule has 0 atom stereocenters. The van der Waals surface area contributed by atoms with Crippen molar-refractivity contribution in [2.24, 2.45) is 0 Å². The maximum atomic E-state index is 12.1. The lowest BCUT2D eigenvalue weighted by Gasteiger charge is -2.09. The van der Waals surface area contributed by atoms with Crippen molar-refractivity contribution in [3.05, 3.63) is 59.7 Å². The van der Waals surface area contributed by atoms with Crippen LogP contribution in [0.15, 0.2) is 53.4 Å². The molecule has 0 saturated heterocycles. The van der Waals surface area contributed by atoms with E-state index < -0.39 is 10.0 Å². The molecular formula is C19H24N2O3S. The number of benzene rings is 2. The van der Waals surface area contributed by atoms with Crippen molar-refractivity contribution in [2.45, 2.75) is 38.0 Å². The minimum Gasteiger partial charge on any atom is -0.326 e. The molecule has 0 radical (unpaired) electrons. The minimum atomic E-state index is -3.59. The molecule has 0 heterocycles. The Balaban J connectivity index is 1.84. The molecule has 2 aromatic rings. The van der Waals surface area contributed by atoms with Gasteiger partial charge in [0.2, 0.25) is 15.9 Å². The number of hydrogen-bond acceptors (Lipinski definition) is 3. The Morgan fingerprint density at radius 1 is 1.00 bits per heavy atom. The van der Waals surface area contributed by atoms with E-state index in [9.17, 15) is 13.2 Å². The van der Waals surface area contributed by atoms with Gasteiger partial charge in [0.15, 0.2) is 0 Å². The Labute approximate surface area is 149 Å². The zero-order chi connectivity index (χ0) is 18.4. The quantitative estimate of drug-likeness (QED) is 0.794. The van der Waals surface area contributed by atoms with Crippen molar-refractivity contribution >= 4 is 21.6 Å². The first kappa shape index (κ1) is 19.1. The minimum absolute atomic E-state index is 0.0477. The summed E-state index contributed by atoms with van der Waals surface area (Å²) >= 11 is 0. The smallest absolute Gasteiger partial charge is 0.240 e. The van der Waals surface area contributed by atoms with Crippen LogP contribution in [0.2, 0.25) is 0 Å². The molecule has 2 rings (SSSR count). The predicted molar refractivity (Wildman–Crippen MR) is 100 cm³/mol. The summed E-state index contributed by atoms with van der Waals surface area (Å²) in [6, 6.07) is 14.2. The molecular weight excluding hydrogens is 336 g/mol. The fourth-order valence-electron chi connectivity index (χ4n) is 2.27. The van der Waals surface area contributed by atoms with E-state index in [1.165, 1.54) is 5.56 Å². The van der Waals surface area contributed by atoms with Gasteiger partial charge in [-0.15, -0.1) is 0 Å². The summed E-state index contributed by atoms with van der Waals surface area (Å²) in [4.78, 5) is 12.1. The van der Waals surface area contributed by atoms with Gasteiger partial charge in [-0.05, 0) is 42.7 Å². The molecule has 2 aromatic carbocycles. The van der Waals surface area contributed by atoms with E-state index in [1.54, 1.807) is 24.3 Å². The lowest BCUT2D eigenvalue weighted by molar-refractivity contribution is -0.116. The average molecular weight is 360 g/mol. The van der Waals surface area contributed by atoms with Gasteiger partial charge >= 0.3 is 0 Å². The van der Waals surface area contributed by atoms with Gasteiger partial charge in [0.25, 0.3) is 0 Å². The summed E-state index contributed by atoms with van der Waals surface area (Å²) in [6.45, 7) is 6.15. The third-order valence-electron chi connectivity index (χ3n) is 3.84. The van der Waals surface area contributed by atoms with Crippen molar-refractivity contribution in [3.8, 4) is 0 Å². The third-order valence-corrected chi connectivity index (χ3v) is 5.31. The summed E-state index contributed by atoms with van der Waals surface area (Å²) in [7, 11) is -3.59.